The fourth-order valence-electron chi connectivity index (χ4n) is 1.00. The van der Waals surface area contributed by atoms with E-state index in [1.54, 1.807) is 14.0 Å². The van der Waals surface area contributed by atoms with Gasteiger partial charge in [0.05, 0.1) is 5.75 Å². The molecule has 86 valence electrons. The highest BCUT2D eigenvalue weighted by molar-refractivity contribution is 7.91. The molecule has 0 saturated heterocycles. The monoisotopic (exact) mass is 223 g/mol. The summed E-state index contributed by atoms with van der Waals surface area (Å²) >= 11 is 0. The average Bonchev–Trinajstić information content (AvgIpc) is 2.14. The van der Waals surface area contributed by atoms with Crippen molar-refractivity contribution < 1.29 is 13.2 Å². The minimum absolute atomic E-state index is 0.223. The van der Waals surface area contributed by atoms with Crippen LogP contribution in [-0.4, -0.2) is 46.2 Å². The van der Waals surface area contributed by atoms with Gasteiger partial charge in [-0.15, -0.1) is 0 Å². The van der Waals surface area contributed by atoms with Crippen molar-refractivity contribution in [3.63, 3.8) is 0 Å². The van der Waals surface area contributed by atoms with Crippen LogP contribution in [0.4, 0.5) is 0 Å². The zero-order valence-electron chi connectivity index (χ0n) is 9.25. The Morgan fingerprint density at radius 3 is 2.57 bits per heavy atom. The molecular weight excluding hydrogens is 202 g/mol. The molecule has 5 heteroatoms. The van der Waals surface area contributed by atoms with Crippen molar-refractivity contribution in [3.05, 3.63) is 0 Å². The van der Waals surface area contributed by atoms with Crippen LogP contribution in [0.25, 0.3) is 0 Å². The molecule has 4 nitrogen and oxygen atoms in total. The van der Waals surface area contributed by atoms with Crippen molar-refractivity contribution in [1.82, 2.24) is 5.32 Å². The van der Waals surface area contributed by atoms with Crippen molar-refractivity contribution in [1.29, 1.82) is 0 Å². The zero-order chi connectivity index (χ0) is 11.0. The van der Waals surface area contributed by atoms with E-state index in [1.807, 2.05) is 6.92 Å². The smallest absolute Gasteiger partial charge is 0.151 e. The zero-order valence-corrected chi connectivity index (χ0v) is 10.1. The van der Waals surface area contributed by atoms with Gasteiger partial charge in [0.25, 0.3) is 0 Å². The summed E-state index contributed by atoms with van der Waals surface area (Å²) in [7, 11) is -1.17. The molecule has 0 radical (unpaired) electrons. The first kappa shape index (κ1) is 13.9. The molecule has 0 aliphatic carbocycles. The largest absolute Gasteiger partial charge is 0.385 e. The maximum absolute atomic E-state index is 11.1. The molecule has 1 N–H and O–H groups in total. The number of sulfone groups is 1. The third-order valence-corrected chi connectivity index (χ3v) is 3.81. The second-order valence-corrected chi connectivity index (χ2v) is 5.85. The van der Waals surface area contributed by atoms with Crippen molar-refractivity contribution in [2.75, 3.05) is 31.8 Å². The summed E-state index contributed by atoms with van der Waals surface area (Å²) in [4.78, 5) is 0. The van der Waals surface area contributed by atoms with Gasteiger partial charge in [0.2, 0.25) is 0 Å². The van der Waals surface area contributed by atoms with Gasteiger partial charge >= 0.3 is 0 Å². The van der Waals surface area contributed by atoms with Crippen LogP contribution >= 0.6 is 0 Å². The van der Waals surface area contributed by atoms with Crippen molar-refractivity contribution in [2.24, 2.45) is 0 Å². The van der Waals surface area contributed by atoms with E-state index in [2.05, 4.69) is 5.32 Å². The quantitative estimate of drug-likeness (QED) is 0.648. The summed E-state index contributed by atoms with van der Waals surface area (Å²) in [5.41, 5.74) is 0. The topological polar surface area (TPSA) is 55.4 Å². The standard InChI is InChI=1S/C9H21NO3S/c1-4-14(11,12)8-6-10-9(2)5-7-13-3/h9-10H,4-8H2,1-3H3. The molecule has 0 amide bonds. The molecule has 0 aliphatic heterocycles. The van der Waals surface area contributed by atoms with E-state index >= 15 is 0 Å². The number of methoxy groups -OCH3 is 1. The first-order chi connectivity index (χ1) is 6.52. The summed E-state index contributed by atoms with van der Waals surface area (Å²) in [5.74, 6) is 0.446. The Kier molecular flexibility index (Phi) is 7.13. The van der Waals surface area contributed by atoms with Crippen LogP contribution in [0.1, 0.15) is 20.3 Å². The molecule has 1 atom stereocenters. The Labute approximate surface area is 86.9 Å². The van der Waals surface area contributed by atoms with Crippen LogP contribution in [0.15, 0.2) is 0 Å². The molecule has 0 heterocycles. The van der Waals surface area contributed by atoms with Gasteiger partial charge in [-0.1, -0.05) is 6.92 Å². The first-order valence-electron chi connectivity index (χ1n) is 4.94. The normalized spacial score (nSPS) is 14.2. The van der Waals surface area contributed by atoms with E-state index in [1.165, 1.54) is 0 Å². The lowest BCUT2D eigenvalue weighted by Crippen LogP contribution is -2.32. The Balaban J connectivity index is 3.54. The molecule has 0 rings (SSSR count). The van der Waals surface area contributed by atoms with E-state index in [4.69, 9.17) is 4.74 Å². The summed E-state index contributed by atoms with van der Waals surface area (Å²) in [6.45, 7) is 4.93. The van der Waals surface area contributed by atoms with Gasteiger partial charge in [0.1, 0.15) is 0 Å². The predicted molar refractivity (Wildman–Crippen MR) is 58.3 cm³/mol. The summed E-state index contributed by atoms with van der Waals surface area (Å²) < 4.78 is 27.2. The second-order valence-electron chi connectivity index (χ2n) is 3.37. The molecule has 0 saturated carbocycles. The Morgan fingerprint density at radius 1 is 1.43 bits per heavy atom. The molecule has 0 fully saturated rings. The lowest BCUT2D eigenvalue weighted by Gasteiger charge is -2.12. The third-order valence-electron chi connectivity index (χ3n) is 2.10. The Morgan fingerprint density at radius 2 is 2.07 bits per heavy atom. The lowest BCUT2D eigenvalue weighted by molar-refractivity contribution is 0.185. The highest BCUT2D eigenvalue weighted by atomic mass is 32.2. The molecule has 0 bridgehead atoms. The van der Waals surface area contributed by atoms with Crippen molar-refractivity contribution in [2.45, 2.75) is 26.3 Å². The average molecular weight is 223 g/mol. The summed E-state index contributed by atoms with van der Waals surface area (Å²) in [5, 5.41) is 3.15. The van der Waals surface area contributed by atoms with Crippen LogP contribution in [0.2, 0.25) is 0 Å². The van der Waals surface area contributed by atoms with Crippen LogP contribution in [0.5, 0.6) is 0 Å². The number of rotatable bonds is 8. The van der Waals surface area contributed by atoms with E-state index < -0.39 is 9.84 Å². The molecule has 0 aromatic heterocycles. The lowest BCUT2D eigenvalue weighted by atomic mass is 10.2. The number of hydrogen-bond acceptors (Lipinski definition) is 4. The maximum Gasteiger partial charge on any atom is 0.151 e. The van der Waals surface area contributed by atoms with Gasteiger partial charge in [-0.05, 0) is 13.3 Å². The highest BCUT2D eigenvalue weighted by Crippen LogP contribution is 1.92. The Hall–Kier alpha value is -0.130. The molecule has 0 aromatic rings. The molecule has 0 aliphatic rings. The van der Waals surface area contributed by atoms with Crippen LogP contribution < -0.4 is 5.32 Å². The minimum Gasteiger partial charge on any atom is -0.385 e. The predicted octanol–water partition coefficient (Wildman–Crippen LogP) is 0.436. The van der Waals surface area contributed by atoms with Gasteiger partial charge < -0.3 is 10.1 Å². The fourth-order valence-corrected chi connectivity index (χ4v) is 1.72. The summed E-state index contributed by atoms with van der Waals surface area (Å²) in [6, 6.07) is 0.307. The number of nitrogens with one attached hydrogen (secondary N) is 1. The van der Waals surface area contributed by atoms with E-state index in [0.29, 0.717) is 19.2 Å². The number of ether oxygens (including phenoxy) is 1. The number of hydrogen-bond donors (Lipinski definition) is 1. The van der Waals surface area contributed by atoms with E-state index in [9.17, 15) is 8.42 Å². The van der Waals surface area contributed by atoms with E-state index in [-0.39, 0.29) is 11.5 Å². The maximum atomic E-state index is 11.1. The van der Waals surface area contributed by atoms with Gasteiger partial charge in [0, 0.05) is 32.1 Å². The van der Waals surface area contributed by atoms with Crippen LogP contribution in [0.3, 0.4) is 0 Å². The summed E-state index contributed by atoms with van der Waals surface area (Å²) in [6.07, 6.45) is 0.905. The second kappa shape index (κ2) is 7.20. The van der Waals surface area contributed by atoms with Crippen molar-refractivity contribution in [3.8, 4) is 0 Å². The van der Waals surface area contributed by atoms with Crippen LogP contribution in [-0.2, 0) is 14.6 Å². The molecule has 1 unspecified atom stereocenters. The van der Waals surface area contributed by atoms with Gasteiger partial charge in [0.15, 0.2) is 9.84 Å². The third kappa shape index (κ3) is 7.29. The molecule has 0 aromatic carbocycles. The van der Waals surface area contributed by atoms with Gasteiger partial charge in [-0.2, -0.15) is 0 Å². The Bertz CT molecular complexity index is 226. The van der Waals surface area contributed by atoms with Gasteiger partial charge in [-0.25, -0.2) is 8.42 Å². The van der Waals surface area contributed by atoms with E-state index in [0.717, 1.165) is 6.42 Å². The highest BCUT2D eigenvalue weighted by Gasteiger charge is 2.07. The van der Waals surface area contributed by atoms with Gasteiger partial charge in [-0.3, -0.25) is 0 Å². The molecule has 0 spiro atoms. The van der Waals surface area contributed by atoms with Crippen molar-refractivity contribution >= 4 is 9.84 Å². The molecule has 14 heavy (non-hydrogen) atoms. The van der Waals surface area contributed by atoms with Crippen LogP contribution in [0, 0.1) is 0 Å². The molecular formula is C9H21NO3S. The minimum atomic E-state index is -2.83. The SMILES string of the molecule is CCS(=O)(=O)CCNC(C)CCOC. The fraction of sp³-hybridized carbons (Fsp3) is 1.00. The first-order valence-corrected chi connectivity index (χ1v) is 6.76.